The number of aliphatic hydroxyl groups is 1. The maximum atomic E-state index is 12.8. The normalized spacial score (nSPS) is 14.5. The molecule has 27 heavy (non-hydrogen) atoms. The van der Waals surface area contributed by atoms with E-state index in [1.807, 2.05) is 30.5 Å². The van der Waals surface area contributed by atoms with Crippen LogP contribution in [0.5, 0.6) is 5.75 Å². The monoisotopic (exact) mass is 362 g/mol. The lowest BCUT2D eigenvalue weighted by Gasteiger charge is -2.14. The van der Waals surface area contributed by atoms with Gasteiger partial charge in [-0.15, -0.1) is 0 Å². The van der Waals surface area contributed by atoms with Crippen molar-refractivity contribution in [1.82, 2.24) is 9.88 Å². The standard InChI is InChI=1S/C21H18N2O4/c1-27-15-8-6-13(7-9-15)18-19(24)21(26)23(20(18)25)11-10-14-12-22-17-5-3-2-4-16(14)17/h2-9,12,22,24H,10-11H2,1H3. The predicted molar refractivity (Wildman–Crippen MR) is 101 cm³/mol. The van der Waals surface area contributed by atoms with E-state index in [0.29, 0.717) is 17.7 Å². The molecule has 0 saturated carbocycles. The molecule has 0 aliphatic carbocycles. The number of nitrogens with one attached hydrogen (secondary N) is 1. The van der Waals surface area contributed by atoms with E-state index in [9.17, 15) is 14.7 Å². The van der Waals surface area contributed by atoms with E-state index in [1.165, 1.54) is 0 Å². The molecule has 1 aliphatic heterocycles. The van der Waals surface area contributed by atoms with Gasteiger partial charge in [-0.3, -0.25) is 14.5 Å². The molecule has 0 fully saturated rings. The predicted octanol–water partition coefficient (Wildman–Crippen LogP) is 3.06. The van der Waals surface area contributed by atoms with Crippen molar-refractivity contribution in [2.75, 3.05) is 13.7 Å². The summed E-state index contributed by atoms with van der Waals surface area (Å²) in [4.78, 5) is 29.4. The summed E-state index contributed by atoms with van der Waals surface area (Å²) in [5.41, 5.74) is 2.54. The molecular formula is C21H18N2O4. The lowest BCUT2D eigenvalue weighted by Crippen LogP contribution is -2.33. The number of carbonyl (C=O) groups is 2. The average molecular weight is 362 g/mol. The Kier molecular flexibility index (Phi) is 4.16. The SMILES string of the molecule is COc1ccc(C2=C(O)C(=O)N(CCc3c[nH]c4ccccc34)C2=O)cc1. The van der Waals surface area contributed by atoms with Crippen molar-refractivity contribution in [3.63, 3.8) is 0 Å². The number of ether oxygens (including phenoxy) is 1. The largest absolute Gasteiger partial charge is 0.502 e. The zero-order valence-corrected chi connectivity index (χ0v) is 14.7. The first kappa shape index (κ1) is 16.9. The molecule has 136 valence electrons. The van der Waals surface area contributed by atoms with Gasteiger partial charge in [-0.05, 0) is 35.7 Å². The highest BCUT2D eigenvalue weighted by atomic mass is 16.5. The second-order valence-corrected chi connectivity index (χ2v) is 6.32. The summed E-state index contributed by atoms with van der Waals surface area (Å²) in [6.07, 6.45) is 2.39. The number of hydrogen-bond donors (Lipinski definition) is 2. The van der Waals surface area contributed by atoms with Crippen molar-refractivity contribution < 1.29 is 19.4 Å². The number of H-pyrrole nitrogens is 1. The van der Waals surface area contributed by atoms with Gasteiger partial charge in [-0.1, -0.05) is 30.3 Å². The number of imide groups is 1. The number of nitrogens with zero attached hydrogens (tertiary/aromatic N) is 1. The Hall–Kier alpha value is -3.54. The number of aliphatic hydroxyl groups excluding tert-OH is 1. The molecule has 0 unspecified atom stereocenters. The number of methoxy groups -OCH3 is 1. The van der Waals surface area contributed by atoms with Crippen LogP contribution >= 0.6 is 0 Å². The maximum absolute atomic E-state index is 12.8. The summed E-state index contributed by atoms with van der Waals surface area (Å²) in [6, 6.07) is 14.5. The fourth-order valence-electron chi connectivity index (χ4n) is 3.35. The molecule has 0 saturated heterocycles. The molecule has 4 rings (SSSR count). The smallest absolute Gasteiger partial charge is 0.296 e. The molecule has 6 heteroatoms. The van der Waals surface area contributed by atoms with Crippen molar-refractivity contribution in [2.24, 2.45) is 0 Å². The Bertz CT molecular complexity index is 1060. The topological polar surface area (TPSA) is 82.6 Å². The van der Waals surface area contributed by atoms with Gasteiger partial charge < -0.3 is 14.8 Å². The van der Waals surface area contributed by atoms with Gasteiger partial charge in [0.2, 0.25) is 0 Å². The lowest BCUT2D eigenvalue weighted by atomic mass is 10.1. The number of aromatic amines is 1. The molecule has 2 aromatic carbocycles. The van der Waals surface area contributed by atoms with Crippen LogP contribution in [0.3, 0.4) is 0 Å². The molecule has 0 bridgehead atoms. The van der Waals surface area contributed by atoms with Gasteiger partial charge in [0.05, 0.1) is 12.7 Å². The third-order valence-corrected chi connectivity index (χ3v) is 4.80. The zero-order chi connectivity index (χ0) is 19.0. The Morgan fingerprint density at radius 3 is 2.52 bits per heavy atom. The van der Waals surface area contributed by atoms with Crippen LogP contribution in [0.1, 0.15) is 11.1 Å². The molecule has 2 N–H and O–H groups in total. The van der Waals surface area contributed by atoms with E-state index in [2.05, 4.69) is 4.98 Å². The first-order chi connectivity index (χ1) is 13.1. The first-order valence-electron chi connectivity index (χ1n) is 8.59. The van der Waals surface area contributed by atoms with E-state index >= 15 is 0 Å². The summed E-state index contributed by atoms with van der Waals surface area (Å²) in [7, 11) is 1.54. The van der Waals surface area contributed by atoms with Crippen molar-refractivity contribution in [3.05, 3.63) is 71.6 Å². The van der Waals surface area contributed by atoms with Crippen LogP contribution in [0.25, 0.3) is 16.5 Å². The van der Waals surface area contributed by atoms with Crippen LogP contribution in [0, 0.1) is 0 Å². The highest BCUT2D eigenvalue weighted by Gasteiger charge is 2.38. The van der Waals surface area contributed by atoms with Crippen LogP contribution in [-0.2, 0) is 16.0 Å². The van der Waals surface area contributed by atoms with Gasteiger partial charge in [0, 0.05) is 23.6 Å². The first-order valence-corrected chi connectivity index (χ1v) is 8.59. The molecule has 3 aromatic rings. The number of para-hydroxylation sites is 1. The van der Waals surface area contributed by atoms with E-state index in [1.54, 1.807) is 31.4 Å². The number of aromatic nitrogens is 1. The molecule has 6 nitrogen and oxygen atoms in total. The summed E-state index contributed by atoms with van der Waals surface area (Å²) < 4.78 is 5.10. The van der Waals surface area contributed by atoms with Crippen LogP contribution in [-0.4, -0.2) is 40.5 Å². The molecule has 0 spiro atoms. The van der Waals surface area contributed by atoms with Crippen molar-refractivity contribution in [3.8, 4) is 5.75 Å². The lowest BCUT2D eigenvalue weighted by molar-refractivity contribution is -0.138. The van der Waals surface area contributed by atoms with Crippen molar-refractivity contribution >= 4 is 28.3 Å². The number of carbonyl (C=O) groups excluding carboxylic acids is 2. The Morgan fingerprint density at radius 2 is 1.78 bits per heavy atom. The highest BCUT2D eigenvalue weighted by Crippen LogP contribution is 2.29. The summed E-state index contributed by atoms with van der Waals surface area (Å²) in [5, 5.41) is 11.3. The van der Waals surface area contributed by atoms with Gasteiger partial charge in [0.25, 0.3) is 11.8 Å². The Morgan fingerprint density at radius 1 is 1.04 bits per heavy atom. The third-order valence-electron chi connectivity index (χ3n) is 4.80. The number of amides is 2. The molecule has 0 atom stereocenters. The van der Waals surface area contributed by atoms with E-state index in [-0.39, 0.29) is 12.1 Å². The fourth-order valence-corrected chi connectivity index (χ4v) is 3.35. The van der Waals surface area contributed by atoms with Crippen LogP contribution in [0.4, 0.5) is 0 Å². The maximum Gasteiger partial charge on any atom is 0.296 e. The quantitative estimate of drug-likeness (QED) is 0.684. The average Bonchev–Trinajstić information content (AvgIpc) is 3.20. The molecule has 1 aliphatic rings. The van der Waals surface area contributed by atoms with Gasteiger partial charge >= 0.3 is 0 Å². The van der Waals surface area contributed by atoms with Gasteiger partial charge in [-0.25, -0.2) is 0 Å². The summed E-state index contributed by atoms with van der Waals surface area (Å²) >= 11 is 0. The Balaban J connectivity index is 1.55. The van der Waals surface area contributed by atoms with Crippen LogP contribution < -0.4 is 4.74 Å². The fraction of sp³-hybridized carbons (Fsp3) is 0.143. The second-order valence-electron chi connectivity index (χ2n) is 6.32. The highest BCUT2D eigenvalue weighted by molar-refractivity contribution is 6.34. The van der Waals surface area contributed by atoms with E-state index in [4.69, 9.17) is 4.74 Å². The number of rotatable bonds is 5. The van der Waals surface area contributed by atoms with Crippen LogP contribution in [0.15, 0.2) is 60.5 Å². The molecular weight excluding hydrogens is 344 g/mol. The van der Waals surface area contributed by atoms with Crippen LogP contribution in [0.2, 0.25) is 0 Å². The summed E-state index contributed by atoms with van der Waals surface area (Å²) in [5.74, 6) is -1.02. The minimum Gasteiger partial charge on any atom is -0.502 e. The van der Waals surface area contributed by atoms with Gasteiger partial charge in [0.15, 0.2) is 5.76 Å². The molecule has 2 amide bonds. The van der Waals surface area contributed by atoms with Gasteiger partial charge in [0.1, 0.15) is 5.75 Å². The number of hydrogen-bond acceptors (Lipinski definition) is 4. The summed E-state index contributed by atoms with van der Waals surface area (Å²) in [6.45, 7) is 0.198. The molecule has 0 radical (unpaired) electrons. The third kappa shape index (κ3) is 2.85. The number of fused-ring (bicyclic) bond motifs is 1. The molecule has 2 heterocycles. The second kappa shape index (κ2) is 6.64. The van der Waals surface area contributed by atoms with E-state index < -0.39 is 17.6 Å². The van der Waals surface area contributed by atoms with E-state index in [0.717, 1.165) is 21.4 Å². The number of benzene rings is 2. The van der Waals surface area contributed by atoms with Gasteiger partial charge in [-0.2, -0.15) is 0 Å². The zero-order valence-electron chi connectivity index (χ0n) is 14.7. The van der Waals surface area contributed by atoms with Crippen molar-refractivity contribution in [1.29, 1.82) is 0 Å². The minimum atomic E-state index is -0.661. The minimum absolute atomic E-state index is 0.0292. The van der Waals surface area contributed by atoms with Crippen molar-refractivity contribution in [2.45, 2.75) is 6.42 Å². The Labute approximate surface area is 155 Å². The molecule has 1 aromatic heterocycles.